The van der Waals surface area contributed by atoms with E-state index >= 15 is 0 Å². The average Bonchev–Trinajstić information content (AvgIpc) is 2.90. The van der Waals surface area contributed by atoms with Crippen LogP contribution >= 0.6 is 0 Å². The number of carbonyl (C=O) groups is 4. The molecule has 0 saturated heterocycles. The summed E-state index contributed by atoms with van der Waals surface area (Å²) in [5.74, 6) is -0.445. The summed E-state index contributed by atoms with van der Waals surface area (Å²) in [4.78, 5) is 48.1. The lowest BCUT2D eigenvalue weighted by Crippen LogP contribution is -2.48. The molecule has 11 heteroatoms. The van der Waals surface area contributed by atoms with Crippen molar-refractivity contribution in [2.45, 2.75) is 25.9 Å². The van der Waals surface area contributed by atoms with Gasteiger partial charge in [0.15, 0.2) is 0 Å². The number of methoxy groups -OCH3 is 3. The first-order chi connectivity index (χ1) is 17.9. The van der Waals surface area contributed by atoms with Crippen LogP contribution in [0.25, 0.3) is 11.1 Å². The van der Waals surface area contributed by atoms with Crippen LogP contribution in [0.15, 0.2) is 36.4 Å². The van der Waals surface area contributed by atoms with E-state index in [2.05, 4.69) is 10.6 Å². The second-order valence-electron chi connectivity index (χ2n) is 9.27. The zero-order valence-corrected chi connectivity index (χ0v) is 22.8. The minimum atomic E-state index is -0.976. The van der Waals surface area contributed by atoms with E-state index in [1.807, 2.05) is 24.3 Å². The largest absolute Gasteiger partial charge is 0.496 e. The fourth-order valence-electron chi connectivity index (χ4n) is 3.97. The number of nitrogens with two attached hydrogens (primary N) is 1. The predicted octanol–water partition coefficient (Wildman–Crippen LogP) is 0.769. The Morgan fingerprint density at radius 1 is 0.921 bits per heavy atom. The molecule has 11 nitrogen and oxygen atoms in total. The molecule has 2 rings (SSSR count). The second kappa shape index (κ2) is 13.5. The molecule has 0 aliphatic carbocycles. The Bertz CT molecular complexity index is 1180. The molecule has 0 saturated carbocycles. The Kier molecular flexibility index (Phi) is 10.8. The predicted molar refractivity (Wildman–Crippen MR) is 141 cm³/mol. The minimum Gasteiger partial charge on any atom is -0.496 e. The zero-order chi connectivity index (χ0) is 28.5. The fourth-order valence-corrected chi connectivity index (χ4v) is 3.97. The van der Waals surface area contributed by atoms with Crippen molar-refractivity contribution in [2.24, 2.45) is 5.73 Å². The molecule has 0 fully saturated rings. The van der Waals surface area contributed by atoms with Gasteiger partial charge in [-0.3, -0.25) is 14.1 Å². The molecular weight excluding hydrogens is 492 g/mol. The number of hydrogen-bond acceptors (Lipinski definition) is 8. The molecule has 0 aromatic heterocycles. The lowest BCUT2D eigenvalue weighted by molar-refractivity contribution is -0.827. The van der Waals surface area contributed by atoms with Crippen LogP contribution in [0.3, 0.4) is 0 Å². The molecule has 2 aromatic carbocycles. The lowest BCUT2D eigenvalue weighted by atomic mass is 9.96. The fraction of sp³-hybridized carbons (Fsp3) is 0.407. The number of ether oxygens (including phenoxy) is 3. The number of benzene rings is 2. The van der Waals surface area contributed by atoms with Crippen LogP contribution in [0, 0.1) is 0 Å². The van der Waals surface area contributed by atoms with Crippen molar-refractivity contribution in [3.05, 3.63) is 47.5 Å². The minimum absolute atomic E-state index is 0.0609. The molecule has 0 aliphatic rings. The van der Waals surface area contributed by atoms with Crippen molar-refractivity contribution >= 4 is 23.7 Å². The Hall–Kier alpha value is -3.96. The highest BCUT2D eigenvalue weighted by molar-refractivity contribution is 5.88. The molecule has 0 spiro atoms. The maximum atomic E-state index is 12.4. The van der Waals surface area contributed by atoms with Crippen LogP contribution < -0.4 is 25.8 Å². The van der Waals surface area contributed by atoms with Gasteiger partial charge in [0.2, 0.25) is 11.8 Å². The number of amides is 3. The number of nitrogens with one attached hydrogen (secondary N) is 2. The third kappa shape index (κ3) is 8.02. The topological polar surface area (TPSA) is 146 Å². The SMILES string of the molecule is COC(=O)C(Cc1ccc(OC)c(-c2cc(C[N+](C)(C)C(=O)CN)ccc2OC)c1)NC(=O)CNC(C)=O. The van der Waals surface area contributed by atoms with Crippen molar-refractivity contribution in [3.63, 3.8) is 0 Å². The van der Waals surface area contributed by atoms with E-state index in [1.54, 1.807) is 40.4 Å². The molecule has 0 heterocycles. The number of rotatable bonds is 12. The van der Waals surface area contributed by atoms with Gasteiger partial charge in [-0.2, -0.15) is 0 Å². The van der Waals surface area contributed by atoms with Crippen LogP contribution in [-0.4, -0.2) is 82.7 Å². The molecule has 0 radical (unpaired) electrons. The molecule has 1 unspecified atom stereocenters. The van der Waals surface area contributed by atoms with E-state index < -0.39 is 17.9 Å². The Balaban J connectivity index is 2.46. The van der Waals surface area contributed by atoms with Gasteiger partial charge in [-0.15, -0.1) is 0 Å². The van der Waals surface area contributed by atoms with Crippen LogP contribution in [0.2, 0.25) is 0 Å². The molecule has 1 atom stereocenters. The summed E-state index contributed by atoms with van der Waals surface area (Å²) < 4.78 is 16.2. The Labute approximate surface area is 222 Å². The van der Waals surface area contributed by atoms with E-state index in [4.69, 9.17) is 19.9 Å². The number of hydrogen-bond donors (Lipinski definition) is 3. The normalized spacial score (nSPS) is 11.8. The number of quaternary nitrogens is 1. The van der Waals surface area contributed by atoms with Gasteiger partial charge in [0.1, 0.15) is 30.6 Å². The molecule has 0 aliphatic heterocycles. The lowest BCUT2D eigenvalue weighted by Gasteiger charge is -2.26. The maximum Gasteiger partial charge on any atom is 0.328 e. The number of nitrogens with zero attached hydrogens (tertiary/aromatic N) is 1. The Morgan fingerprint density at radius 3 is 1.97 bits per heavy atom. The summed E-state index contributed by atoms with van der Waals surface area (Å²) in [6.07, 6.45) is 0.131. The first kappa shape index (κ1) is 30.3. The van der Waals surface area contributed by atoms with Gasteiger partial charge in [0.05, 0.1) is 42.0 Å². The highest BCUT2D eigenvalue weighted by atomic mass is 16.5. The van der Waals surface area contributed by atoms with Crippen molar-refractivity contribution in [3.8, 4) is 22.6 Å². The van der Waals surface area contributed by atoms with Gasteiger partial charge < -0.3 is 30.6 Å². The third-order valence-corrected chi connectivity index (χ3v) is 6.00. The zero-order valence-electron chi connectivity index (χ0n) is 22.8. The molecular formula is C27H37N4O7+. The van der Waals surface area contributed by atoms with E-state index in [1.165, 1.54) is 14.0 Å². The summed E-state index contributed by atoms with van der Waals surface area (Å²) in [5, 5.41) is 5.00. The van der Waals surface area contributed by atoms with E-state index in [0.717, 1.165) is 16.7 Å². The van der Waals surface area contributed by atoms with Crippen molar-refractivity contribution in [1.29, 1.82) is 0 Å². The first-order valence-corrected chi connectivity index (χ1v) is 12.0. The summed E-state index contributed by atoms with van der Waals surface area (Å²) in [7, 11) is 7.94. The quantitative estimate of drug-likeness (QED) is 0.270. The van der Waals surface area contributed by atoms with Gasteiger partial charge in [0, 0.05) is 30.0 Å². The summed E-state index contributed by atoms with van der Waals surface area (Å²) in [6, 6.07) is 10.1. The summed E-state index contributed by atoms with van der Waals surface area (Å²) in [5.41, 5.74) is 8.62. The van der Waals surface area contributed by atoms with Crippen LogP contribution in [0.4, 0.5) is 0 Å². The van der Waals surface area contributed by atoms with Crippen LogP contribution in [0.1, 0.15) is 18.1 Å². The molecule has 3 amide bonds. The summed E-state index contributed by atoms with van der Waals surface area (Å²) >= 11 is 0. The molecule has 0 bridgehead atoms. The molecule has 4 N–H and O–H groups in total. The monoisotopic (exact) mass is 529 g/mol. The standard InChI is InChI=1S/C27H36N4O7/c1-17(32)29-15-25(33)30-22(27(35)38-6)13-18-7-9-23(36-4)20(11-18)21-12-19(8-10-24(21)37-5)16-31(2,3)26(34)14-28/h7-12,22H,13-16,28H2,1-6H3,(H-,29,30,32,33)/p+1. The highest BCUT2D eigenvalue weighted by Gasteiger charge is 2.26. The number of esters is 1. The van der Waals surface area contributed by atoms with Gasteiger partial charge in [0.25, 0.3) is 0 Å². The Morgan fingerprint density at radius 2 is 1.47 bits per heavy atom. The van der Waals surface area contributed by atoms with Crippen LogP contribution in [0.5, 0.6) is 11.5 Å². The van der Waals surface area contributed by atoms with Gasteiger partial charge in [-0.25, -0.2) is 9.59 Å². The van der Waals surface area contributed by atoms with Gasteiger partial charge in [-0.05, 0) is 35.9 Å². The van der Waals surface area contributed by atoms with E-state index in [0.29, 0.717) is 23.6 Å². The van der Waals surface area contributed by atoms with Crippen molar-refractivity contribution in [1.82, 2.24) is 10.6 Å². The van der Waals surface area contributed by atoms with Crippen molar-refractivity contribution < 1.29 is 37.9 Å². The molecule has 38 heavy (non-hydrogen) atoms. The van der Waals surface area contributed by atoms with Gasteiger partial charge >= 0.3 is 11.9 Å². The van der Waals surface area contributed by atoms with E-state index in [9.17, 15) is 19.2 Å². The number of carbonyl (C=O) groups excluding carboxylic acids is 4. The average molecular weight is 530 g/mol. The molecule has 2 aromatic rings. The second-order valence-corrected chi connectivity index (χ2v) is 9.27. The molecule has 206 valence electrons. The maximum absolute atomic E-state index is 12.4. The van der Waals surface area contributed by atoms with Crippen LogP contribution in [-0.2, 0) is 36.9 Å². The van der Waals surface area contributed by atoms with Gasteiger partial charge in [-0.1, -0.05) is 6.07 Å². The highest BCUT2D eigenvalue weighted by Crippen LogP contribution is 2.38. The van der Waals surface area contributed by atoms with E-state index in [-0.39, 0.29) is 35.8 Å². The smallest absolute Gasteiger partial charge is 0.328 e. The summed E-state index contributed by atoms with van der Waals surface area (Å²) in [6.45, 7) is 1.39. The third-order valence-electron chi connectivity index (χ3n) is 6.00. The number of likely N-dealkylation sites (N-methyl/N-ethyl adjacent to an activating group) is 1. The van der Waals surface area contributed by atoms with Crippen molar-refractivity contribution in [2.75, 3.05) is 48.5 Å². The first-order valence-electron chi connectivity index (χ1n) is 12.0.